The number of ether oxygens (including phenoxy) is 2. The molecule has 2 aliphatic heterocycles. The van der Waals surface area contributed by atoms with Gasteiger partial charge in [-0.1, -0.05) is 11.2 Å². The van der Waals surface area contributed by atoms with Crippen LogP contribution < -0.4 is 14.8 Å². The number of hydrogen-bond acceptors (Lipinski definition) is 4. The normalized spacial score (nSPS) is 23.9. The summed E-state index contributed by atoms with van der Waals surface area (Å²) in [7, 11) is 0. The van der Waals surface area contributed by atoms with Crippen LogP contribution in [0.5, 0.6) is 11.5 Å². The Morgan fingerprint density at radius 1 is 1.35 bits per heavy atom. The molecule has 0 spiro atoms. The first-order valence-electron chi connectivity index (χ1n) is 6.48. The molecule has 2 heterocycles. The van der Waals surface area contributed by atoms with Crippen LogP contribution in [0, 0.1) is 0 Å². The Hall–Kier alpha value is -2.40. The second-order valence-corrected chi connectivity index (χ2v) is 4.81. The van der Waals surface area contributed by atoms with Gasteiger partial charge in [0, 0.05) is 17.5 Å². The number of hydrogen-bond donors (Lipinski definition) is 1. The Balaban J connectivity index is 1.79. The van der Waals surface area contributed by atoms with Crippen molar-refractivity contribution in [2.24, 2.45) is 5.11 Å². The molecule has 20 heavy (non-hydrogen) atoms. The fourth-order valence-electron chi connectivity index (χ4n) is 2.57. The zero-order valence-electron chi connectivity index (χ0n) is 10.8. The minimum Gasteiger partial charge on any atom is -0.486 e. The molecule has 7 heteroatoms. The highest BCUT2D eigenvalue weighted by atomic mass is 16.6. The fraction of sp³-hybridized carbons (Fsp3) is 0.462. The van der Waals surface area contributed by atoms with E-state index in [4.69, 9.17) is 15.0 Å². The third kappa shape index (κ3) is 2.35. The van der Waals surface area contributed by atoms with E-state index in [-0.39, 0.29) is 24.4 Å². The Labute approximate surface area is 115 Å². The second kappa shape index (κ2) is 5.30. The van der Waals surface area contributed by atoms with Crippen molar-refractivity contribution in [3.05, 3.63) is 34.2 Å². The Morgan fingerprint density at radius 3 is 2.95 bits per heavy atom. The largest absolute Gasteiger partial charge is 0.486 e. The van der Waals surface area contributed by atoms with Crippen LogP contribution in [0.3, 0.4) is 0 Å². The molecular formula is C13H14N4O3. The summed E-state index contributed by atoms with van der Waals surface area (Å²) in [6.07, 6.45) is 0.623. The molecule has 1 aromatic carbocycles. The van der Waals surface area contributed by atoms with E-state index in [9.17, 15) is 4.79 Å². The summed E-state index contributed by atoms with van der Waals surface area (Å²) in [6.45, 7) is 1.35. The molecular weight excluding hydrogens is 260 g/mol. The average molecular weight is 274 g/mol. The number of benzene rings is 1. The molecule has 0 saturated carbocycles. The van der Waals surface area contributed by atoms with Gasteiger partial charge in [-0.2, -0.15) is 0 Å². The highest BCUT2D eigenvalue weighted by Crippen LogP contribution is 2.35. The third-order valence-corrected chi connectivity index (χ3v) is 3.52. The highest BCUT2D eigenvalue weighted by Gasteiger charge is 2.33. The Bertz CT molecular complexity index is 583. The molecule has 7 nitrogen and oxygen atoms in total. The van der Waals surface area contributed by atoms with E-state index in [1.807, 2.05) is 18.2 Å². The van der Waals surface area contributed by atoms with E-state index in [0.717, 1.165) is 5.56 Å². The Kier molecular flexibility index (Phi) is 3.35. The predicted molar refractivity (Wildman–Crippen MR) is 70.7 cm³/mol. The number of fused-ring (bicyclic) bond motifs is 1. The minimum atomic E-state index is -0.232. The summed E-state index contributed by atoms with van der Waals surface area (Å²) in [6, 6.07) is 5.47. The lowest BCUT2D eigenvalue weighted by atomic mass is 9.95. The summed E-state index contributed by atoms with van der Waals surface area (Å²) in [5.74, 6) is 1.12. The molecule has 1 amide bonds. The molecule has 0 bridgehead atoms. The van der Waals surface area contributed by atoms with E-state index < -0.39 is 0 Å². The van der Waals surface area contributed by atoms with Gasteiger partial charge < -0.3 is 14.8 Å². The van der Waals surface area contributed by atoms with Crippen LogP contribution in [-0.4, -0.2) is 31.7 Å². The van der Waals surface area contributed by atoms with Crippen molar-refractivity contribution in [1.29, 1.82) is 0 Å². The standard InChI is InChI=1S/C13H14N4O3/c14-17-15-7-9-6-10(13(18)16-9)8-1-2-11-12(5-8)20-4-3-19-11/h1-2,5,9-10H,3-4,6-7H2,(H,16,18)/t9?,10-/m0/s1. The van der Waals surface area contributed by atoms with Gasteiger partial charge in [0.1, 0.15) is 13.2 Å². The number of rotatable bonds is 3. The van der Waals surface area contributed by atoms with E-state index >= 15 is 0 Å². The lowest BCUT2D eigenvalue weighted by Crippen LogP contribution is -2.28. The molecule has 0 radical (unpaired) electrons. The van der Waals surface area contributed by atoms with Crippen molar-refractivity contribution < 1.29 is 14.3 Å². The molecule has 1 fully saturated rings. The number of nitrogens with zero attached hydrogens (tertiary/aromatic N) is 3. The second-order valence-electron chi connectivity index (χ2n) is 4.81. The molecule has 1 N–H and O–H groups in total. The van der Waals surface area contributed by atoms with Crippen molar-refractivity contribution >= 4 is 5.91 Å². The maximum atomic E-state index is 12.0. The summed E-state index contributed by atoms with van der Waals surface area (Å²) in [4.78, 5) is 14.7. The lowest BCUT2D eigenvalue weighted by molar-refractivity contribution is -0.120. The van der Waals surface area contributed by atoms with Gasteiger partial charge in [0.25, 0.3) is 0 Å². The zero-order chi connectivity index (χ0) is 13.9. The first-order chi connectivity index (χ1) is 9.78. The first-order valence-corrected chi connectivity index (χ1v) is 6.48. The molecule has 0 aromatic heterocycles. The van der Waals surface area contributed by atoms with Crippen LogP contribution in [0.1, 0.15) is 17.9 Å². The van der Waals surface area contributed by atoms with Gasteiger partial charge in [-0.15, -0.1) is 0 Å². The number of carbonyl (C=O) groups is 1. The number of carbonyl (C=O) groups excluding carboxylic acids is 1. The van der Waals surface area contributed by atoms with E-state index in [2.05, 4.69) is 15.3 Å². The molecule has 1 saturated heterocycles. The van der Waals surface area contributed by atoms with Crippen molar-refractivity contribution in [2.45, 2.75) is 18.4 Å². The monoisotopic (exact) mass is 274 g/mol. The van der Waals surface area contributed by atoms with Crippen molar-refractivity contribution in [2.75, 3.05) is 19.8 Å². The van der Waals surface area contributed by atoms with Gasteiger partial charge >= 0.3 is 0 Å². The molecule has 1 aromatic rings. The average Bonchev–Trinajstić information content (AvgIpc) is 2.85. The van der Waals surface area contributed by atoms with Gasteiger partial charge in [0.15, 0.2) is 11.5 Å². The van der Waals surface area contributed by atoms with Gasteiger partial charge in [-0.25, -0.2) is 0 Å². The number of azide groups is 1. The summed E-state index contributed by atoms with van der Waals surface area (Å²) < 4.78 is 11.0. The van der Waals surface area contributed by atoms with E-state index in [1.54, 1.807) is 0 Å². The fourth-order valence-corrected chi connectivity index (χ4v) is 2.57. The van der Waals surface area contributed by atoms with E-state index in [1.165, 1.54) is 0 Å². The van der Waals surface area contributed by atoms with Crippen molar-refractivity contribution in [3.8, 4) is 11.5 Å². The van der Waals surface area contributed by atoms with Gasteiger partial charge in [-0.05, 0) is 29.6 Å². The molecule has 1 unspecified atom stereocenters. The van der Waals surface area contributed by atoms with Crippen molar-refractivity contribution in [3.63, 3.8) is 0 Å². The molecule has 2 aliphatic rings. The number of amides is 1. The van der Waals surface area contributed by atoms with Crippen LogP contribution in [0.4, 0.5) is 0 Å². The zero-order valence-corrected chi connectivity index (χ0v) is 10.8. The third-order valence-electron chi connectivity index (χ3n) is 3.52. The molecule has 3 rings (SSSR count). The molecule has 104 valence electrons. The van der Waals surface area contributed by atoms with Crippen LogP contribution in [-0.2, 0) is 4.79 Å². The first kappa shape index (κ1) is 12.6. The van der Waals surface area contributed by atoms with Crippen LogP contribution >= 0.6 is 0 Å². The highest BCUT2D eigenvalue weighted by molar-refractivity contribution is 5.86. The molecule has 2 atom stereocenters. The molecule has 0 aliphatic carbocycles. The lowest BCUT2D eigenvalue weighted by Gasteiger charge is -2.19. The maximum absolute atomic E-state index is 12.0. The van der Waals surface area contributed by atoms with E-state index in [0.29, 0.717) is 31.1 Å². The predicted octanol–water partition coefficient (Wildman–Crippen LogP) is 1.74. The summed E-state index contributed by atoms with van der Waals surface area (Å²) >= 11 is 0. The quantitative estimate of drug-likeness (QED) is 0.516. The summed E-state index contributed by atoms with van der Waals surface area (Å²) in [5.41, 5.74) is 9.22. The smallest absolute Gasteiger partial charge is 0.227 e. The van der Waals surface area contributed by atoms with Crippen LogP contribution in [0.2, 0.25) is 0 Å². The van der Waals surface area contributed by atoms with Crippen molar-refractivity contribution in [1.82, 2.24) is 5.32 Å². The summed E-state index contributed by atoms with van der Waals surface area (Å²) in [5, 5.41) is 6.35. The Morgan fingerprint density at radius 2 is 2.15 bits per heavy atom. The van der Waals surface area contributed by atoms with Gasteiger partial charge in [-0.3, -0.25) is 4.79 Å². The number of nitrogens with one attached hydrogen (secondary N) is 1. The van der Waals surface area contributed by atoms with Crippen LogP contribution in [0.25, 0.3) is 10.4 Å². The SMILES string of the molecule is [N-]=[N+]=NCC1C[C@@H](c2ccc3c(c2)OCCO3)C(=O)N1. The van der Waals surface area contributed by atoms with Gasteiger partial charge in [0.2, 0.25) is 5.91 Å². The van der Waals surface area contributed by atoms with Gasteiger partial charge in [0.05, 0.1) is 5.92 Å². The van der Waals surface area contributed by atoms with Crippen LogP contribution in [0.15, 0.2) is 23.3 Å². The maximum Gasteiger partial charge on any atom is 0.227 e. The minimum absolute atomic E-state index is 0.0418. The topological polar surface area (TPSA) is 96.3 Å².